The number of carbonyl (C=O) groups excluding carboxylic acids is 3. The number of aliphatic hydroxyl groups is 1. The van der Waals surface area contributed by atoms with Gasteiger partial charge in [0.05, 0.1) is 5.56 Å². The van der Waals surface area contributed by atoms with Gasteiger partial charge in [0.15, 0.2) is 11.5 Å². The number of fused-ring (bicyclic) bond motifs is 1. The number of rotatable bonds is 5. The third-order valence-corrected chi connectivity index (χ3v) is 3.68. The number of phenols is 3. The van der Waals surface area contributed by atoms with E-state index >= 15 is 0 Å². The van der Waals surface area contributed by atoms with Gasteiger partial charge >= 0.3 is 0 Å². The molecule has 0 spiro atoms. The highest BCUT2D eigenvalue weighted by atomic mass is 16.3. The summed E-state index contributed by atoms with van der Waals surface area (Å²) in [6.45, 7) is 1.83. The monoisotopic (exact) mass is 320 g/mol. The number of allylic oxidation sites excluding steroid dienone is 1. The molecule has 2 rings (SSSR count). The fourth-order valence-electron chi connectivity index (χ4n) is 2.48. The Hall–Kier alpha value is -2.83. The molecule has 0 heterocycles. The van der Waals surface area contributed by atoms with Crippen LogP contribution in [0.25, 0.3) is 5.76 Å². The lowest BCUT2D eigenvalue weighted by Gasteiger charge is -2.19. The van der Waals surface area contributed by atoms with Crippen molar-refractivity contribution in [3.63, 3.8) is 0 Å². The number of aliphatic hydroxyl groups excluding tert-OH is 1. The second-order valence-electron chi connectivity index (χ2n) is 5.29. The number of aromatic hydroxyl groups is 3. The van der Waals surface area contributed by atoms with Crippen LogP contribution in [0.5, 0.6) is 17.2 Å². The molecule has 0 unspecified atom stereocenters. The number of carbonyl (C=O) groups is 3. The Bertz CT molecular complexity index is 743. The largest absolute Gasteiger partial charge is 0.507 e. The molecule has 0 radical (unpaired) electrons. The van der Waals surface area contributed by atoms with Gasteiger partial charge in [-0.05, 0) is 18.9 Å². The first-order valence-electron chi connectivity index (χ1n) is 7.10. The molecule has 122 valence electrons. The van der Waals surface area contributed by atoms with E-state index in [-0.39, 0.29) is 24.2 Å². The quantitative estimate of drug-likeness (QED) is 0.481. The second-order valence-corrected chi connectivity index (χ2v) is 5.29. The Kier molecular flexibility index (Phi) is 4.40. The van der Waals surface area contributed by atoms with Crippen LogP contribution in [0.3, 0.4) is 0 Å². The maximum absolute atomic E-state index is 12.1. The number of Topliss-reactive ketones (excluding diaryl/α,β-unsaturated/α-hetero) is 3. The van der Waals surface area contributed by atoms with Crippen molar-refractivity contribution in [2.24, 2.45) is 0 Å². The number of hydrogen-bond donors (Lipinski definition) is 4. The minimum Gasteiger partial charge on any atom is -0.507 e. The number of ketones is 3. The van der Waals surface area contributed by atoms with Gasteiger partial charge in [-0.15, -0.1) is 0 Å². The van der Waals surface area contributed by atoms with Gasteiger partial charge in [0, 0.05) is 24.0 Å². The van der Waals surface area contributed by atoms with Gasteiger partial charge in [0.2, 0.25) is 17.3 Å². The maximum atomic E-state index is 12.1. The summed E-state index contributed by atoms with van der Waals surface area (Å²) in [4.78, 5) is 35.7. The molecule has 1 aromatic carbocycles. The van der Waals surface area contributed by atoms with Gasteiger partial charge in [-0.1, -0.05) is 6.92 Å². The minimum atomic E-state index is -1.03. The lowest BCUT2D eigenvalue weighted by atomic mass is 9.85. The molecule has 0 saturated carbocycles. The lowest BCUT2D eigenvalue weighted by molar-refractivity contribution is -0.119. The third kappa shape index (κ3) is 2.77. The summed E-state index contributed by atoms with van der Waals surface area (Å²) < 4.78 is 0. The normalized spacial score (nSPS) is 14.1. The summed E-state index contributed by atoms with van der Waals surface area (Å²) in [5.74, 6) is -5.38. The van der Waals surface area contributed by atoms with Crippen LogP contribution < -0.4 is 0 Å². The van der Waals surface area contributed by atoms with Gasteiger partial charge in [0.25, 0.3) is 0 Å². The fraction of sp³-hybridized carbons (Fsp3) is 0.312. The van der Waals surface area contributed by atoms with Crippen molar-refractivity contribution in [3.8, 4) is 17.2 Å². The summed E-state index contributed by atoms with van der Waals surface area (Å²) in [6, 6.07) is 0.805. The van der Waals surface area contributed by atoms with Crippen LogP contribution in [0.1, 0.15) is 48.5 Å². The van der Waals surface area contributed by atoms with Crippen molar-refractivity contribution in [2.75, 3.05) is 0 Å². The topological polar surface area (TPSA) is 132 Å². The molecule has 0 aliphatic heterocycles. The molecule has 0 atom stereocenters. The molecule has 1 aliphatic rings. The Morgan fingerprint density at radius 3 is 2.26 bits per heavy atom. The summed E-state index contributed by atoms with van der Waals surface area (Å²) in [5.41, 5.74) is -1.10. The smallest absolute Gasteiger partial charge is 0.234 e. The SMILES string of the molecule is CCCC(=O)CCC1=C(O)c2c(cc(O)c(O)c2O)C(=O)C1=O. The Labute approximate surface area is 131 Å². The van der Waals surface area contributed by atoms with E-state index < -0.39 is 45.7 Å². The predicted molar refractivity (Wildman–Crippen MR) is 79.5 cm³/mol. The average molecular weight is 320 g/mol. The van der Waals surface area contributed by atoms with Gasteiger partial charge in [-0.2, -0.15) is 0 Å². The van der Waals surface area contributed by atoms with E-state index in [9.17, 15) is 34.8 Å². The van der Waals surface area contributed by atoms with E-state index in [0.29, 0.717) is 12.8 Å². The molecule has 1 aromatic rings. The molecule has 0 amide bonds. The first-order valence-corrected chi connectivity index (χ1v) is 7.10. The molecule has 4 N–H and O–H groups in total. The molecule has 1 aliphatic carbocycles. The van der Waals surface area contributed by atoms with Gasteiger partial charge in [-0.3, -0.25) is 14.4 Å². The van der Waals surface area contributed by atoms with Crippen molar-refractivity contribution in [1.82, 2.24) is 0 Å². The standard InChI is InChI=1S/C16H16O7/c1-2-3-7(17)4-5-8-12(19)11-9(14(21)13(8)20)6-10(18)15(22)16(11)23/h6,18-19,22-23H,2-5H2,1H3. The van der Waals surface area contributed by atoms with Crippen LogP contribution in [-0.2, 0) is 9.59 Å². The molecule has 7 heteroatoms. The number of phenolic OH excluding ortho intramolecular Hbond substituents is 3. The van der Waals surface area contributed by atoms with E-state index in [2.05, 4.69) is 0 Å². The van der Waals surface area contributed by atoms with Crippen LogP contribution in [-0.4, -0.2) is 37.8 Å². The number of hydrogen-bond acceptors (Lipinski definition) is 7. The highest BCUT2D eigenvalue weighted by Crippen LogP contribution is 2.45. The fourth-order valence-corrected chi connectivity index (χ4v) is 2.48. The van der Waals surface area contributed by atoms with Crippen LogP contribution in [0.4, 0.5) is 0 Å². The molecular weight excluding hydrogens is 304 g/mol. The van der Waals surface area contributed by atoms with E-state index in [4.69, 9.17) is 0 Å². The van der Waals surface area contributed by atoms with Crippen molar-refractivity contribution in [2.45, 2.75) is 32.6 Å². The highest BCUT2D eigenvalue weighted by molar-refractivity contribution is 6.52. The van der Waals surface area contributed by atoms with E-state index in [0.717, 1.165) is 6.07 Å². The summed E-state index contributed by atoms with van der Waals surface area (Å²) in [7, 11) is 0. The second kappa shape index (κ2) is 6.12. The van der Waals surface area contributed by atoms with E-state index in [1.807, 2.05) is 6.92 Å². The summed E-state index contributed by atoms with van der Waals surface area (Å²) >= 11 is 0. The zero-order valence-electron chi connectivity index (χ0n) is 12.4. The first kappa shape index (κ1) is 16.5. The molecule has 0 fully saturated rings. The predicted octanol–water partition coefficient (Wildman–Crippen LogP) is 1.99. The highest BCUT2D eigenvalue weighted by Gasteiger charge is 2.36. The van der Waals surface area contributed by atoms with Crippen molar-refractivity contribution >= 4 is 23.1 Å². The van der Waals surface area contributed by atoms with Crippen LogP contribution in [0.15, 0.2) is 11.6 Å². The Morgan fingerprint density at radius 2 is 1.65 bits per heavy atom. The molecule has 0 saturated heterocycles. The molecule has 0 bridgehead atoms. The van der Waals surface area contributed by atoms with Crippen LogP contribution in [0, 0.1) is 0 Å². The Balaban J connectivity index is 2.50. The zero-order valence-corrected chi connectivity index (χ0v) is 12.4. The Morgan fingerprint density at radius 1 is 1.00 bits per heavy atom. The molecule has 23 heavy (non-hydrogen) atoms. The summed E-state index contributed by atoms with van der Waals surface area (Å²) in [5, 5.41) is 39.0. The van der Waals surface area contributed by atoms with E-state index in [1.54, 1.807) is 0 Å². The van der Waals surface area contributed by atoms with E-state index in [1.165, 1.54) is 0 Å². The maximum Gasteiger partial charge on any atom is 0.234 e. The first-order chi connectivity index (χ1) is 10.8. The summed E-state index contributed by atoms with van der Waals surface area (Å²) in [6.07, 6.45) is 0.808. The molecular formula is C16H16O7. The van der Waals surface area contributed by atoms with Gasteiger partial charge < -0.3 is 20.4 Å². The van der Waals surface area contributed by atoms with Gasteiger partial charge in [-0.25, -0.2) is 0 Å². The lowest BCUT2D eigenvalue weighted by Crippen LogP contribution is -2.24. The average Bonchev–Trinajstić information content (AvgIpc) is 2.50. The number of benzene rings is 1. The molecule has 7 nitrogen and oxygen atoms in total. The van der Waals surface area contributed by atoms with Crippen molar-refractivity contribution < 1.29 is 34.8 Å². The zero-order chi connectivity index (χ0) is 17.3. The molecule has 0 aromatic heterocycles. The third-order valence-electron chi connectivity index (χ3n) is 3.68. The van der Waals surface area contributed by atoms with Crippen LogP contribution >= 0.6 is 0 Å². The van der Waals surface area contributed by atoms with Crippen molar-refractivity contribution in [1.29, 1.82) is 0 Å². The van der Waals surface area contributed by atoms with Crippen LogP contribution in [0.2, 0.25) is 0 Å². The van der Waals surface area contributed by atoms with Crippen molar-refractivity contribution in [3.05, 3.63) is 22.8 Å². The van der Waals surface area contributed by atoms with Gasteiger partial charge in [0.1, 0.15) is 11.5 Å². The minimum absolute atomic E-state index is 0.0214.